The van der Waals surface area contributed by atoms with Gasteiger partial charge in [0.2, 0.25) is 0 Å². The lowest BCUT2D eigenvalue weighted by Crippen LogP contribution is -2.10. The zero-order valence-corrected chi connectivity index (χ0v) is 9.51. The second-order valence-corrected chi connectivity index (χ2v) is 5.38. The van der Waals surface area contributed by atoms with E-state index in [2.05, 4.69) is 20.8 Å². The minimum Gasteiger partial charge on any atom is -0.347 e. The lowest BCUT2D eigenvalue weighted by atomic mass is 9.86. The highest BCUT2D eigenvalue weighted by molar-refractivity contribution is 7.50. The van der Waals surface area contributed by atoms with Crippen LogP contribution in [0.4, 0.5) is 0 Å². The van der Waals surface area contributed by atoms with Crippen LogP contribution in [0, 0.1) is 11.8 Å². The van der Waals surface area contributed by atoms with Crippen LogP contribution >= 0.6 is 8.38 Å². The van der Waals surface area contributed by atoms with E-state index in [4.69, 9.17) is 0 Å². The van der Waals surface area contributed by atoms with Gasteiger partial charge in [0.25, 0.3) is 0 Å². The normalized spacial score (nSPS) is 24.7. The molecular weight excluding hydrogens is 183 g/mol. The third-order valence-corrected chi connectivity index (χ3v) is 3.71. The van der Waals surface area contributed by atoms with E-state index in [0.717, 1.165) is 18.2 Å². The highest BCUT2D eigenvalue weighted by Gasteiger charge is 2.23. The molecule has 1 rings (SSSR count). The molecule has 2 N–H and O–H groups in total. The van der Waals surface area contributed by atoms with Crippen molar-refractivity contribution in [3.63, 3.8) is 0 Å². The van der Waals surface area contributed by atoms with Gasteiger partial charge in [-0.3, -0.25) is 0 Å². The van der Waals surface area contributed by atoms with Crippen LogP contribution in [0.15, 0.2) is 10.9 Å². The molecule has 0 aromatic carbocycles. The van der Waals surface area contributed by atoms with Crippen LogP contribution in [0.2, 0.25) is 0 Å². The summed E-state index contributed by atoms with van der Waals surface area (Å²) in [6.07, 6.45) is 3.13. The van der Waals surface area contributed by atoms with E-state index in [-0.39, 0.29) is 0 Å². The van der Waals surface area contributed by atoms with Crippen molar-refractivity contribution in [2.45, 2.75) is 40.0 Å². The Morgan fingerprint density at radius 2 is 2.00 bits per heavy atom. The van der Waals surface area contributed by atoms with Gasteiger partial charge in [-0.1, -0.05) is 26.3 Å². The lowest BCUT2D eigenvalue weighted by molar-refractivity contribution is 0.450. The Morgan fingerprint density at radius 1 is 1.38 bits per heavy atom. The van der Waals surface area contributed by atoms with E-state index in [1.54, 1.807) is 0 Å². The molecule has 2 nitrogen and oxygen atoms in total. The summed E-state index contributed by atoms with van der Waals surface area (Å²) < 4.78 is 0. The molecule has 13 heavy (non-hydrogen) atoms. The highest BCUT2D eigenvalue weighted by atomic mass is 31.2. The van der Waals surface area contributed by atoms with Crippen molar-refractivity contribution in [2.24, 2.45) is 11.8 Å². The summed E-state index contributed by atoms with van der Waals surface area (Å²) in [6.45, 7) is 6.43. The Morgan fingerprint density at radius 3 is 2.46 bits per heavy atom. The fourth-order valence-electron chi connectivity index (χ4n) is 1.94. The van der Waals surface area contributed by atoms with Gasteiger partial charge >= 0.3 is 0 Å². The Hall–Kier alpha value is 0.0900. The second kappa shape index (κ2) is 4.54. The molecule has 0 aromatic heterocycles. The number of hydrogen-bond acceptors (Lipinski definition) is 2. The summed E-state index contributed by atoms with van der Waals surface area (Å²) in [5.41, 5.74) is 1.29. The largest absolute Gasteiger partial charge is 0.347 e. The average Bonchev–Trinajstić information content (AvgIpc) is 2.03. The molecular formula is C10H19O2P. The van der Waals surface area contributed by atoms with Gasteiger partial charge in [-0.15, -0.1) is 0 Å². The van der Waals surface area contributed by atoms with Gasteiger partial charge in [0.05, 0.1) is 0 Å². The molecule has 3 heteroatoms. The first-order valence-corrected chi connectivity index (χ1v) is 6.17. The highest BCUT2D eigenvalue weighted by Crippen LogP contribution is 2.47. The van der Waals surface area contributed by atoms with E-state index >= 15 is 0 Å². The zero-order chi connectivity index (χ0) is 10.0. The first kappa shape index (κ1) is 11.2. The van der Waals surface area contributed by atoms with E-state index in [0.29, 0.717) is 11.8 Å². The van der Waals surface area contributed by atoms with Crippen molar-refractivity contribution in [1.29, 1.82) is 0 Å². The third-order valence-electron chi connectivity index (χ3n) is 2.76. The molecule has 0 heterocycles. The summed E-state index contributed by atoms with van der Waals surface area (Å²) in [5.74, 6) is 1.08. The molecule has 1 unspecified atom stereocenters. The second-order valence-electron chi connectivity index (χ2n) is 4.26. The van der Waals surface area contributed by atoms with Crippen LogP contribution in [0.1, 0.15) is 40.0 Å². The molecule has 1 atom stereocenters. The summed E-state index contributed by atoms with van der Waals surface area (Å²) in [6, 6.07) is 0. The Labute approximate surface area is 81.6 Å². The lowest BCUT2D eigenvalue weighted by Gasteiger charge is -2.27. The van der Waals surface area contributed by atoms with Crippen LogP contribution in [0.25, 0.3) is 0 Å². The first-order valence-electron chi connectivity index (χ1n) is 4.92. The summed E-state index contributed by atoms with van der Waals surface area (Å²) >= 11 is 0. The molecule has 0 aromatic rings. The van der Waals surface area contributed by atoms with Crippen molar-refractivity contribution in [3.8, 4) is 0 Å². The molecule has 0 aliphatic heterocycles. The van der Waals surface area contributed by atoms with E-state index in [1.807, 2.05) is 0 Å². The standard InChI is InChI=1S/C10H19O2P/c1-7(2)9-5-4-8(3)6-10(9)13(11)12/h7-8,11-12H,4-6H2,1-3H3. The molecule has 0 saturated carbocycles. The van der Waals surface area contributed by atoms with Gasteiger partial charge in [0.1, 0.15) is 0 Å². The maximum Gasteiger partial charge on any atom is 0.195 e. The maximum atomic E-state index is 9.28. The van der Waals surface area contributed by atoms with E-state index in [1.165, 1.54) is 12.0 Å². The Balaban J connectivity index is 2.87. The quantitative estimate of drug-likeness (QED) is 0.676. The zero-order valence-electron chi connectivity index (χ0n) is 8.62. The van der Waals surface area contributed by atoms with Crippen molar-refractivity contribution < 1.29 is 9.79 Å². The molecule has 1 aliphatic carbocycles. The Bertz CT molecular complexity index is 209. The van der Waals surface area contributed by atoms with Crippen molar-refractivity contribution in [3.05, 3.63) is 10.9 Å². The SMILES string of the molecule is CC1CCC(C(C)C)=C(P(O)O)C1. The summed E-state index contributed by atoms with van der Waals surface area (Å²) in [4.78, 5) is 18.6. The fraction of sp³-hybridized carbons (Fsp3) is 0.800. The van der Waals surface area contributed by atoms with Crippen LogP contribution in [0.5, 0.6) is 0 Å². The summed E-state index contributed by atoms with van der Waals surface area (Å²) in [7, 11) is -1.84. The minimum atomic E-state index is -1.84. The van der Waals surface area contributed by atoms with Crippen LogP contribution in [0.3, 0.4) is 0 Å². The van der Waals surface area contributed by atoms with Gasteiger partial charge in [0.15, 0.2) is 8.38 Å². The van der Waals surface area contributed by atoms with Crippen molar-refractivity contribution in [2.75, 3.05) is 0 Å². The predicted molar refractivity (Wildman–Crippen MR) is 56.2 cm³/mol. The maximum absolute atomic E-state index is 9.28. The number of hydrogen-bond donors (Lipinski definition) is 2. The van der Waals surface area contributed by atoms with E-state index in [9.17, 15) is 9.79 Å². The number of allylic oxidation sites excluding steroid dienone is 2. The molecule has 0 amide bonds. The molecule has 0 spiro atoms. The molecule has 76 valence electrons. The van der Waals surface area contributed by atoms with Gasteiger partial charge in [-0.25, -0.2) is 0 Å². The topological polar surface area (TPSA) is 40.5 Å². The van der Waals surface area contributed by atoms with Crippen LogP contribution in [-0.4, -0.2) is 9.79 Å². The minimum absolute atomic E-state index is 0.465. The molecule has 0 saturated heterocycles. The average molecular weight is 202 g/mol. The molecule has 0 bridgehead atoms. The Kier molecular flexibility index (Phi) is 3.90. The first-order chi connectivity index (χ1) is 6.02. The predicted octanol–water partition coefficient (Wildman–Crippen LogP) is 3.01. The fourth-order valence-corrected chi connectivity index (χ4v) is 3.04. The van der Waals surface area contributed by atoms with Gasteiger partial charge in [0, 0.05) is 5.31 Å². The molecule has 1 aliphatic rings. The van der Waals surface area contributed by atoms with E-state index < -0.39 is 8.38 Å². The van der Waals surface area contributed by atoms with Crippen molar-refractivity contribution in [1.82, 2.24) is 0 Å². The summed E-state index contributed by atoms with van der Waals surface area (Å²) in [5, 5.41) is 0.934. The van der Waals surface area contributed by atoms with Gasteiger partial charge < -0.3 is 9.79 Å². The van der Waals surface area contributed by atoms with Crippen LogP contribution in [-0.2, 0) is 0 Å². The monoisotopic (exact) mass is 202 g/mol. The third kappa shape index (κ3) is 2.77. The van der Waals surface area contributed by atoms with Gasteiger partial charge in [-0.2, -0.15) is 0 Å². The van der Waals surface area contributed by atoms with Crippen LogP contribution < -0.4 is 0 Å². The molecule has 0 fully saturated rings. The van der Waals surface area contributed by atoms with Gasteiger partial charge in [-0.05, 0) is 31.1 Å². The molecule has 0 radical (unpaired) electrons. The smallest absolute Gasteiger partial charge is 0.195 e. The number of rotatable bonds is 2. The van der Waals surface area contributed by atoms with Crippen molar-refractivity contribution >= 4 is 8.38 Å².